The van der Waals surface area contributed by atoms with Gasteiger partial charge < -0.3 is 5.11 Å². The van der Waals surface area contributed by atoms with Crippen LogP contribution >= 0.6 is 0 Å². The Labute approximate surface area is 168 Å². The highest BCUT2D eigenvalue weighted by atomic mass is 19.1. The number of halogens is 1. The van der Waals surface area contributed by atoms with E-state index in [0.717, 1.165) is 40.7 Å². The zero-order valence-electron chi connectivity index (χ0n) is 15.7. The number of hydrogen-bond acceptors (Lipinski definition) is 2. The molecular formula is C25H19FO3. The van der Waals surface area contributed by atoms with Gasteiger partial charge in [-0.25, -0.2) is 9.18 Å². The molecule has 3 aromatic carbocycles. The predicted molar refractivity (Wildman–Crippen MR) is 111 cm³/mol. The SMILES string of the molecule is O=C(O)c1ccc(-c2ccc(F)cc2)cc1C=Cc1ccc2c(c1)C(=O)CCC2. The number of Topliss-reactive ketones (excluding diaryl/α,β-unsaturated/α-hetero) is 1. The summed E-state index contributed by atoms with van der Waals surface area (Å²) in [7, 11) is 0. The molecule has 0 aromatic heterocycles. The third-order valence-electron chi connectivity index (χ3n) is 5.20. The Kier molecular flexibility index (Phi) is 5.09. The Hall–Kier alpha value is -3.53. The van der Waals surface area contributed by atoms with Crippen molar-refractivity contribution < 1.29 is 19.1 Å². The van der Waals surface area contributed by atoms with Crippen molar-refractivity contribution in [1.82, 2.24) is 0 Å². The largest absolute Gasteiger partial charge is 0.478 e. The standard InChI is InChI=1S/C25H19FO3/c26-21-11-8-17(9-12-21)19-10-13-22(25(28)29)20(15-19)7-5-16-4-6-18-2-1-3-24(27)23(18)14-16/h4-15H,1-3H2,(H,28,29). The summed E-state index contributed by atoms with van der Waals surface area (Å²) in [5.74, 6) is -1.18. The van der Waals surface area contributed by atoms with Crippen LogP contribution in [0.4, 0.5) is 4.39 Å². The number of carbonyl (C=O) groups is 2. The fourth-order valence-corrected chi connectivity index (χ4v) is 3.65. The Morgan fingerprint density at radius 2 is 1.66 bits per heavy atom. The monoisotopic (exact) mass is 386 g/mol. The molecule has 1 aliphatic carbocycles. The van der Waals surface area contributed by atoms with Crippen LogP contribution < -0.4 is 0 Å². The van der Waals surface area contributed by atoms with Gasteiger partial charge in [-0.2, -0.15) is 0 Å². The van der Waals surface area contributed by atoms with Gasteiger partial charge in [0.1, 0.15) is 5.82 Å². The zero-order valence-corrected chi connectivity index (χ0v) is 15.7. The summed E-state index contributed by atoms with van der Waals surface area (Å²) in [6.45, 7) is 0. The Morgan fingerprint density at radius 1 is 0.897 bits per heavy atom. The molecule has 0 aliphatic heterocycles. The number of benzene rings is 3. The molecule has 0 spiro atoms. The van der Waals surface area contributed by atoms with Crippen LogP contribution in [0.1, 0.15) is 50.2 Å². The fraction of sp³-hybridized carbons (Fsp3) is 0.120. The minimum atomic E-state index is -1.02. The number of aryl methyl sites for hydroxylation is 1. The molecule has 0 saturated carbocycles. The van der Waals surface area contributed by atoms with Gasteiger partial charge in [0.05, 0.1) is 5.56 Å². The second kappa shape index (κ2) is 7.84. The minimum Gasteiger partial charge on any atom is -0.478 e. The highest BCUT2D eigenvalue weighted by Crippen LogP contribution is 2.26. The number of ketones is 1. The second-order valence-corrected chi connectivity index (χ2v) is 7.14. The van der Waals surface area contributed by atoms with E-state index in [1.165, 1.54) is 12.1 Å². The topological polar surface area (TPSA) is 54.4 Å². The molecule has 29 heavy (non-hydrogen) atoms. The van der Waals surface area contributed by atoms with E-state index in [1.807, 2.05) is 24.3 Å². The predicted octanol–water partition coefficient (Wildman–Crippen LogP) is 5.88. The van der Waals surface area contributed by atoms with Crippen molar-refractivity contribution in [1.29, 1.82) is 0 Å². The zero-order chi connectivity index (χ0) is 20.4. The van der Waals surface area contributed by atoms with Crippen LogP contribution in [0.2, 0.25) is 0 Å². The Bertz CT molecular complexity index is 1130. The maximum atomic E-state index is 13.2. The van der Waals surface area contributed by atoms with E-state index < -0.39 is 5.97 Å². The fourth-order valence-electron chi connectivity index (χ4n) is 3.65. The van der Waals surface area contributed by atoms with E-state index in [4.69, 9.17) is 0 Å². The number of carboxylic acid groups (broad SMARTS) is 1. The summed E-state index contributed by atoms with van der Waals surface area (Å²) >= 11 is 0. The van der Waals surface area contributed by atoms with Crippen molar-refractivity contribution in [3.8, 4) is 11.1 Å². The van der Waals surface area contributed by atoms with Crippen molar-refractivity contribution in [3.05, 3.63) is 94.3 Å². The van der Waals surface area contributed by atoms with E-state index in [0.29, 0.717) is 12.0 Å². The van der Waals surface area contributed by atoms with Crippen molar-refractivity contribution >= 4 is 23.9 Å². The van der Waals surface area contributed by atoms with Crippen LogP contribution in [0, 0.1) is 5.82 Å². The molecule has 144 valence electrons. The number of rotatable bonds is 4. The molecule has 3 aromatic rings. The van der Waals surface area contributed by atoms with Gasteiger partial charge in [-0.3, -0.25) is 4.79 Å². The summed E-state index contributed by atoms with van der Waals surface area (Å²) in [6, 6.07) is 16.9. The maximum Gasteiger partial charge on any atom is 0.336 e. The van der Waals surface area contributed by atoms with E-state index in [-0.39, 0.29) is 17.2 Å². The first kappa shape index (κ1) is 18.8. The molecule has 0 unspecified atom stereocenters. The van der Waals surface area contributed by atoms with E-state index in [1.54, 1.807) is 36.4 Å². The van der Waals surface area contributed by atoms with Crippen molar-refractivity contribution in [2.75, 3.05) is 0 Å². The van der Waals surface area contributed by atoms with E-state index >= 15 is 0 Å². The number of hydrogen-bond donors (Lipinski definition) is 1. The molecule has 0 bridgehead atoms. The highest BCUT2D eigenvalue weighted by Gasteiger charge is 2.17. The smallest absolute Gasteiger partial charge is 0.336 e. The maximum absolute atomic E-state index is 13.2. The summed E-state index contributed by atoms with van der Waals surface area (Å²) < 4.78 is 13.2. The van der Waals surface area contributed by atoms with Crippen LogP contribution in [0.15, 0.2) is 60.7 Å². The lowest BCUT2D eigenvalue weighted by atomic mass is 9.89. The first-order chi connectivity index (χ1) is 14.0. The van der Waals surface area contributed by atoms with Gasteiger partial charge in [0, 0.05) is 12.0 Å². The van der Waals surface area contributed by atoms with Gasteiger partial charge in [0.2, 0.25) is 0 Å². The summed E-state index contributed by atoms with van der Waals surface area (Å²) in [5.41, 5.74) is 5.01. The van der Waals surface area contributed by atoms with Crippen LogP contribution in [-0.4, -0.2) is 16.9 Å². The van der Waals surface area contributed by atoms with E-state index in [9.17, 15) is 19.1 Å². The van der Waals surface area contributed by atoms with Gasteiger partial charge in [0.15, 0.2) is 5.78 Å². The highest BCUT2D eigenvalue weighted by molar-refractivity contribution is 5.99. The van der Waals surface area contributed by atoms with Crippen molar-refractivity contribution in [2.24, 2.45) is 0 Å². The average molecular weight is 386 g/mol. The van der Waals surface area contributed by atoms with Crippen LogP contribution in [0.5, 0.6) is 0 Å². The Balaban J connectivity index is 1.70. The van der Waals surface area contributed by atoms with Gasteiger partial charge in [-0.1, -0.05) is 42.5 Å². The third kappa shape index (κ3) is 4.02. The van der Waals surface area contributed by atoms with Crippen LogP contribution in [0.25, 0.3) is 23.3 Å². The minimum absolute atomic E-state index is 0.158. The van der Waals surface area contributed by atoms with Crippen LogP contribution in [0.3, 0.4) is 0 Å². The van der Waals surface area contributed by atoms with Gasteiger partial charge >= 0.3 is 5.97 Å². The number of carbonyl (C=O) groups excluding carboxylic acids is 1. The summed E-state index contributed by atoms with van der Waals surface area (Å²) in [4.78, 5) is 23.8. The normalized spacial score (nSPS) is 13.5. The Morgan fingerprint density at radius 3 is 2.41 bits per heavy atom. The average Bonchev–Trinajstić information content (AvgIpc) is 2.73. The molecule has 0 radical (unpaired) electrons. The van der Waals surface area contributed by atoms with Crippen molar-refractivity contribution in [2.45, 2.75) is 19.3 Å². The molecule has 0 heterocycles. The molecule has 1 N–H and O–H groups in total. The van der Waals surface area contributed by atoms with Gasteiger partial charge in [-0.05, 0) is 71.0 Å². The van der Waals surface area contributed by atoms with Crippen molar-refractivity contribution in [3.63, 3.8) is 0 Å². The van der Waals surface area contributed by atoms with Crippen LogP contribution in [-0.2, 0) is 6.42 Å². The molecule has 0 amide bonds. The van der Waals surface area contributed by atoms with Gasteiger partial charge in [-0.15, -0.1) is 0 Å². The number of aromatic carboxylic acids is 1. The summed E-state index contributed by atoms with van der Waals surface area (Å²) in [5, 5.41) is 9.53. The third-order valence-corrected chi connectivity index (χ3v) is 5.20. The number of carboxylic acids is 1. The molecule has 1 aliphatic rings. The molecule has 4 heteroatoms. The quantitative estimate of drug-likeness (QED) is 0.570. The van der Waals surface area contributed by atoms with Gasteiger partial charge in [0.25, 0.3) is 0 Å². The molecular weight excluding hydrogens is 367 g/mol. The molecule has 0 atom stereocenters. The molecule has 3 nitrogen and oxygen atoms in total. The molecule has 0 saturated heterocycles. The second-order valence-electron chi connectivity index (χ2n) is 7.14. The number of fused-ring (bicyclic) bond motifs is 1. The lowest BCUT2D eigenvalue weighted by Crippen LogP contribution is -2.10. The molecule has 0 fully saturated rings. The first-order valence-corrected chi connectivity index (χ1v) is 9.49. The lowest BCUT2D eigenvalue weighted by Gasteiger charge is -2.14. The molecule has 4 rings (SSSR count). The first-order valence-electron chi connectivity index (χ1n) is 9.49. The lowest BCUT2D eigenvalue weighted by molar-refractivity contribution is 0.0696. The summed E-state index contributed by atoms with van der Waals surface area (Å²) in [6.07, 6.45) is 5.93. The van der Waals surface area contributed by atoms with E-state index in [2.05, 4.69) is 0 Å².